The Bertz CT molecular complexity index is 332. The Labute approximate surface area is 105 Å². The molecule has 93 valence electrons. The van der Waals surface area contributed by atoms with Gasteiger partial charge in [0.05, 0.1) is 0 Å². The number of hydrogen-bond acceptors (Lipinski definition) is 2. The van der Waals surface area contributed by atoms with Crippen LogP contribution in [0.25, 0.3) is 0 Å². The van der Waals surface area contributed by atoms with Crippen LogP contribution in [-0.2, 0) is 0 Å². The summed E-state index contributed by atoms with van der Waals surface area (Å²) in [6, 6.07) is 10.7. The molecule has 1 aliphatic rings. The van der Waals surface area contributed by atoms with E-state index in [1.165, 1.54) is 5.69 Å². The van der Waals surface area contributed by atoms with Gasteiger partial charge < -0.3 is 4.90 Å². The van der Waals surface area contributed by atoms with Crippen LogP contribution in [0.2, 0.25) is 0 Å². The Morgan fingerprint density at radius 1 is 1.06 bits per heavy atom. The Kier molecular flexibility index (Phi) is 3.72. The zero-order valence-corrected chi connectivity index (χ0v) is 11.0. The third-order valence-electron chi connectivity index (χ3n) is 3.15. The molecule has 2 nitrogen and oxygen atoms in total. The number of nitrogens with zero attached hydrogens (tertiary/aromatic N) is 2. The fourth-order valence-electron chi connectivity index (χ4n) is 2.41. The quantitative estimate of drug-likeness (QED) is 0.789. The van der Waals surface area contributed by atoms with Crippen molar-refractivity contribution in [2.45, 2.75) is 13.8 Å². The molecule has 1 saturated heterocycles. The summed E-state index contributed by atoms with van der Waals surface area (Å²) in [6.45, 7) is 14.2. The van der Waals surface area contributed by atoms with Crippen LogP contribution in [0.4, 0.5) is 5.69 Å². The molecule has 1 heterocycles. The second kappa shape index (κ2) is 5.09. The minimum Gasteiger partial charge on any atom is -0.369 e. The molecule has 2 heteroatoms. The van der Waals surface area contributed by atoms with Crippen LogP contribution in [0.3, 0.4) is 0 Å². The van der Waals surface area contributed by atoms with E-state index in [1.54, 1.807) is 0 Å². The molecule has 0 atom stereocenters. The van der Waals surface area contributed by atoms with Crippen LogP contribution in [-0.4, -0.2) is 37.6 Å². The normalized spacial score (nSPS) is 18.4. The van der Waals surface area contributed by atoms with Crippen LogP contribution in [0.5, 0.6) is 0 Å². The van der Waals surface area contributed by atoms with E-state index in [1.807, 2.05) is 0 Å². The molecule has 1 radical (unpaired) electrons. The maximum Gasteiger partial charge on any atom is 0.0367 e. The molecule has 1 fully saturated rings. The lowest BCUT2D eigenvalue weighted by Gasteiger charge is -2.38. The summed E-state index contributed by atoms with van der Waals surface area (Å²) in [5.74, 6) is 0. The van der Waals surface area contributed by atoms with Gasteiger partial charge in [-0.25, -0.2) is 0 Å². The average Bonchev–Trinajstić information content (AvgIpc) is 2.29. The number of para-hydroxylation sites is 1. The summed E-state index contributed by atoms with van der Waals surface area (Å²) in [5.41, 5.74) is 1.51. The predicted molar refractivity (Wildman–Crippen MR) is 74.2 cm³/mol. The molecular weight excluding hydrogens is 208 g/mol. The summed E-state index contributed by atoms with van der Waals surface area (Å²) in [6.07, 6.45) is 0. The smallest absolute Gasteiger partial charge is 0.0367 e. The highest BCUT2D eigenvalue weighted by molar-refractivity contribution is 5.46. The van der Waals surface area contributed by atoms with Crippen molar-refractivity contribution >= 4 is 5.69 Å². The molecular formula is C15H23N2. The largest absolute Gasteiger partial charge is 0.369 e. The average molecular weight is 231 g/mol. The first-order chi connectivity index (χ1) is 8.04. The summed E-state index contributed by atoms with van der Waals surface area (Å²) in [4.78, 5) is 4.99. The topological polar surface area (TPSA) is 6.48 Å². The maximum atomic E-state index is 4.19. The summed E-state index contributed by atoms with van der Waals surface area (Å²) in [5, 5.41) is 0. The van der Waals surface area contributed by atoms with Crippen molar-refractivity contribution < 1.29 is 0 Å². The van der Waals surface area contributed by atoms with Gasteiger partial charge in [-0.1, -0.05) is 32.0 Å². The Morgan fingerprint density at radius 2 is 1.65 bits per heavy atom. The minimum atomic E-state index is 0.162. The standard InChI is InChI=1S/C15H23N2/c1-15(2,3)13-16-9-11-17(12-10-16)14-7-5-4-6-8-14/h4-8H,1,9-13H2,2-3H3. The fourth-order valence-corrected chi connectivity index (χ4v) is 2.41. The zero-order chi connectivity index (χ0) is 12.3. The first-order valence-corrected chi connectivity index (χ1v) is 6.42. The highest BCUT2D eigenvalue weighted by Gasteiger charge is 2.21. The maximum absolute atomic E-state index is 4.19. The molecule has 1 aliphatic heterocycles. The molecule has 0 saturated carbocycles. The lowest BCUT2D eigenvalue weighted by molar-refractivity contribution is 0.198. The Balaban J connectivity index is 1.86. The van der Waals surface area contributed by atoms with E-state index in [-0.39, 0.29) is 5.41 Å². The van der Waals surface area contributed by atoms with Gasteiger partial charge in [-0.05, 0) is 24.5 Å². The zero-order valence-electron chi connectivity index (χ0n) is 11.0. The minimum absolute atomic E-state index is 0.162. The van der Waals surface area contributed by atoms with Crippen molar-refractivity contribution in [3.05, 3.63) is 37.3 Å². The van der Waals surface area contributed by atoms with E-state index in [9.17, 15) is 0 Å². The second-order valence-electron chi connectivity index (χ2n) is 5.76. The second-order valence-corrected chi connectivity index (χ2v) is 5.76. The number of piperazine rings is 1. The summed E-state index contributed by atoms with van der Waals surface area (Å²) in [7, 11) is 0. The highest BCUT2D eigenvalue weighted by Crippen LogP contribution is 2.19. The Morgan fingerprint density at radius 3 is 2.18 bits per heavy atom. The van der Waals surface area contributed by atoms with Crippen LogP contribution >= 0.6 is 0 Å². The van der Waals surface area contributed by atoms with E-state index < -0.39 is 0 Å². The van der Waals surface area contributed by atoms with Gasteiger partial charge in [0.15, 0.2) is 0 Å². The van der Waals surface area contributed by atoms with Crippen molar-refractivity contribution in [3.8, 4) is 0 Å². The van der Waals surface area contributed by atoms with Gasteiger partial charge in [-0.15, -0.1) is 0 Å². The molecule has 1 aromatic rings. The molecule has 0 spiro atoms. The first-order valence-electron chi connectivity index (χ1n) is 6.42. The van der Waals surface area contributed by atoms with Gasteiger partial charge >= 0.3 is 0 Å². The predicted octanol–water partition coefficient (Wildman–Crippen LogP) is 2.67. The lowest BCUT2D eigenvalue weighted by Crippen LogP contribution is -2.48. The highest BCUT2D eigenvalue weighted by atomic mass is 15.3. The molecule has 0 unspecified atom stereocenters. The number of hydrogen-bond donors (Lipinski definition) is 0. The van der Waals surface area contributed by atoms with Gasteiger partial charge in [0.2, 0.25) is 0 Å². The monoisotopic (exact) mass is 231 g/mol. The van der Waals surface area contributed by atoms with Crippen molar-refractivity contribution in [1.29, 1.82) is 0 Å². The summed E-state index contributed by atoms with van der Waals surface area (Å²) >= 11 is 0. The number of benzene rings is 1. The van der Waals surface area contributed by atoms with Crippen LogP contribution in [0.15, 0.2) is 30.3 Å². The lowest BCUT2D eigenvalue weighted by atomic mass is 9.96. The number of rotatable bonds is 3. The molecule has 0 aliphatic carbocycles. The molecule has 0 amide bonds. The molecule has 2 rings (SSSR count). The number of anilines is 1. The van der Waals surface area contributed by atoms with E-state index in [0.29, 0.717) is 0 Å². The van der Waals surface area contributed by atoms with Gasteiger partial charge in [0.1, 0.15) is 0 Å². The van der Waals surface area contributed by atoms with Crippen molar-refractivity contribution in [2.24, 2.45) is 5.41 Å². The molecule has 0 N–H and O–H groups in total. The van der Waals surface area contributed by atoms with Crippen molar-refractivity contribution in [3.63, 3.8) is 0 Å². The van der Waals surface area contributed by atoms with Crippen LogP contribution in [0, 0.1) is 12.3 Å². The third-order valence-corrected chi connectivity index (χ3v) is 3.15. The molecule has 0 aromatic heterocycles. The van der Waals surface area contributed by atoms with Crippen molar-refractivity contribution in [1.82, 2.24) is 4.90 Å². The molecule has 17 heavy (non-hydrogen) atoms. The van der Waals surface area contributed by atoms with Crippen LogP contribution in [0.1, 0.15) is 13.8 Å². The molecule has 0 bridgehead atoms. The van der Waals surface area contributed by atoms with E-state index >= 15 is 0 Å². The molecule has 1 aromatic carbocycles. The SMILES string of the molecule is [CH2]C(C)(C)CN1CCN(c2ccccc2)CC1. The van der Waals surface area contributed by atoms with E-state index in [4.69, 9.17) is 0 Å². The van der Waals surface area contributed by atoms with Gasteiger partial charge in [-0.3, -0.25) is 4.90 Å². The fraction of sp³-hybridized carbons (Fsp3) is 0.533. The van der Waals surface area contributed by atoms with Crippen molar-refractivity contribution in [2.75, 3.05) is 37.6 Å². The van der Waals surface area contributed by atoms with E-state index in [2.05, 4.69) is 60.9 Å². The van der Waals surface area contributed by atoms with Gasteiger partial charge in [0, 0.05) is 38.4 Å². The Hall–Kier alpha value is -1.02. The van der Waals surface area contributed by atoms with Gasteiger partial charge in [0.25, 0.3) is 0 Å². The summed E-state index contributed by atoms with van der Waals surface area (Å²) < 4.78 is 0. The van der Waals surface area contributed by atoms with Gasteiger partial charge in [-0.2, -0.15) is 0 Å². The van der Waals surface area contributed by atoms with E-state index in [0.717, 1.165) is 32.7 Å². The first kappa shape index (κ1) is 12.4. The third kappa shape index (κ3) is 3.74. The van der Waals surface area contributed by atoms with Crippen LogP contribution < -0.4 is 4.90 Å².